The number of nitrogens with one attached hydrogen (secondary N) is 1. The summed E-state index contributed by atoms with van der Waals surface area (Å²) in [5.41, 5.74) is 0. The molecule has 7 heteroatoms. The van der Waals surface area contributed by atoms with Gasteiger partial charge >= 0.3 is 0 Å². The van der Waals surface area contributed by atoms with E-state index in [1.165, 1.54) is 0 Å². The summed E-state index contributed by atoms with van der Waals surface area (Å²) in [6, 6.07) is 2.02. The van der Waals surface area contributed by atoms with E-state index in [1.807, 2.05) is 13.8 Å². The molecule has 0 heterocycles. The maximum atomic E-state index is 13.4. The van der Waals surface area contributed by atoms with Gasteiger partial charge in [0.2, 0.25) is 10.0 Å². The SMILES string of the molecule is CC(C)C(CBr)NS(=O)(=O)c1ccc(F)cc1F. The molecule has 1 unspecified atom stereocenters. The van der Waals surface area contributed by atoms with Gasteiger partial charge in [0.1, 0.15) is 16.5 Å². The molecule has 0 saturated heterocycles. The first-order valence-corrected chi connectivity index (χ1v) is 7.91. The smallest absolute Gasteiger partial charge is 0.207 e. The van der Waals surface area contributed by atoms with Crippen molar-refractivity contribution in [3.05, 3.63) is 29.8 Å². The van der Waals surface area contributed by atoms with Crippen LogP contribution in [0.5, 0.6) is 0 Å². The highest BCUT2D eigenvalue weighted by molar-refractivity contribution is 9.09. The molecule has 102 valence electrons. The Morgan fingerprint density at radius 2 is 1.94 bits per heavy atom. The Hall–Kier alpha value is -0.530. The maximum absolute atomic E-state index is 13.4. The lowest BCUT2D eigenvalue weighted by molar-refractivity contribution is 0.479. The number of hydrogen-bond acceptors (Lipinski definition) is 2. The molecule has 0 aromatic heterocycles. The van der Waals surface area contributed by atoms with E-state index in [1.54, 1.807) is 0 Å². The summed E-state index contributed by atoms with van der Waals surface area (Å²) in [7, 11) is -3.99. The number of benzene rings is 1. The minimum Gasteiger partial charge on any atom is -0.207 e. The van der Waals surface area contributed by atoms with Crippen LogP contribution in [-0.4, -0.2) is 19.8 Å². The van der Waals surface area contributed by atoms with Crippen molar-refractivity contribution >= 4 is 26.0 Å². The summed E-state index contributed by atoms with van der Waals surface area (Å²) < 4.78 is 52.4. The van der Waals surface area contributed by atoms with E-state index in [4.69, 9.17) is 0 Å². The third-order valence-electron chi connectivity index (χ3n) is 2.46. The van der Waals surface area contributed by atoms with Crippen LogP contribution in [0.1, 0.15) is 13.8 Å². The zero-order chi connectivity index (χ0) is 13.9. The van der Waals surface area contributed by atoms with E-state index >= 15 is 0 Å². The summed E-state index contributed by atoms with van der Waals surface area (Å²) in [6.07, 6.45) is 0. The molecule has 1 N–H and O–H groups in total. The van der Waals surface area contributed by atoms with Crippen molar-refractivity contribution in [2.75, 3.05) is 5.33 Å². The molecule has 0 aliphatic rings. The molecule has 0 aliphatic carbocycles. The first-order chi connectivity index (χ1) is 8.27. The van der Waals surface area contributed by atoms with Gasteiger partial charge in [-0.3, -0.25) is 0 Å². The van der Waals surface area contributed by atoms with E-state index in [2.05, 4.69) is 20.7 Å². The molecule has 0 amide bonds. The Balaban J connectivity index is 3.06. The Kier molecular flexibility index (Phi) is 5.24. The van der Waals surface area contributed by atoms with Gasteiger partial charge in [-0.05, 0) is 18.1 Å². The molecule has 1 atom stereocenters. The van der Waals surface area contributed by atoms with Crippen molar-refractivity contribution in [3.63, 3.8) is 0 Å². The topological polar surface area (TPSA) is 46.2 Å². The van der Waals surface area contributed by atoms with Crippen molar-refractivity contribution < 1.29 is 17.2 Å². The van der Waals surface area contributed by atoms with Gasteiger partial charge in [0.25, 0.3) is 0 Å². The molecule has 0 fully saturated rings. The fourth-order valence-electron chi connectivity index (χ4n) is 1.30. The van der Waals surface area contributed by atoms with Crippen molar-refractivity contribution in [2.45, 2.75) is 24.8 Å². The lowest BCUT2D eigenvalue weighted by Crippen LogP contribution is -2.40. The predicted octanol–water partition coefficient (Wildman–Crippen LogP) is 2.66. The van der Waals surface area contributed by atoms with Crippen molar-refractivity contribution in [3.8, 4) is 0 Å². The van der Waals surface area contributed by atoms with Crippen LogP contribution in [0.2, 0.25) is 0 Å². The number of halogens is 3. The van der Waals surface area contributed by atoms with Crippen LogP contribution in [-0.2, 0) is 10.0 Å². The van der Waals surface area contributed by atoms with Crippen LogP contribution < -0.4 is 4.72 Å². The first kappa shape index (κ1) is 15.5. The highest BCUT2D eigenvalue weighted by Gasteiger charge is 2.24. The van der Waals surface area contributed by atoms with Gasteiger partial charge in [-0.2, -0.15) is 0 Å². The summed E-state index contributed by atoms with van der Waals surface area (Å²) in [4.78, 5) is -0.546. The first-order valence-electron chi connectivity index (χ1n) is 5.31. The Morgan fingerprint density at radius 3 is 2.39 bits per heavy atom. The van der Waals surface area contributed by atoms with Crippen molar-refractivity contribution in [1.29, 1.82) is 0 Å². The third kappa shape index (κ3) is 3.73. The fourth-order valence-corrected chi connectivity index (χ4v) is 3.87. The molecule has 0 saturated carbocycles. The quantitative estimate of drug-likeness (QED) is 0.837. The number of hydrogen-bond donors (Lipinski definition) is 1. The highest BCUT2D eigenvalue weighted by Crippen LogP contribution is 2.17. The largest absolute Gasteiger partial charge is 0.243 e. The van der Waals surface area contributed by atoms with Crippen molar-refractivity contribution in [1.82, 2.24) is 4.72 Å². The molecule has 0 spiro atoms. The number of alkyl halides is 1. The number of rotatable bonds is 5. The predicted molar refractivity (Wildman–Crippen MR) is 69.1 cm³/mol. The average molecular weight is 342 g/mol. The molecular formula is C11H14BrF2NO2S. The maximum Gasteiger partial charge on any atom is 0.243 e. The fraction of sp³-hybridized carbons (Fsp3) is 0.455. The highest BCUT2D eigenvalue weighted by atomic mass is 79.9. The Morgan fingerprint density at radius 1 is 1.33 bits per heavy atom. The van der Waals surface area contributed by atoms with Gasteiger partial charge in [-0.15, -0.1) is 0 Å². The normalized spacial score (nSPS) is 13.9. The molecule has 0 radical (unpaired) electrons. The van der Waals surface area contributed by atoms with Crippen LogP contribution in [0.15, 0.2) is 23.1 Å². The molecule has 3 nitrogen and oxygen atoms in total. The molecule has 0 aliphatic heterocycles. The van der Waals surface area contributed by atoms with E-state index in [0.717, 1.165) is 12.1 Å². The Labute approximate surface area is 114 Å². The summed E-state index contributed by atoms with van der Waals surface area (Å²) in [6.45, 7) is 3.69. The van der Waals surface area contributed by atoms with Gasteiger partial charge in [0.15, 0.2) is 0 Å². The minimum atomic E-state index is -3.99. The zero-order valence-corrected chi connectivity index (χ0v) is 12.4. The third-order valence-corrected chi connectivity index (χ3v) is 4.68. The summed E-state index contributed by atoms with van der Waals surface area (Å²) in [5.74, 6) is -1.87. The summed E-state index contributed by atoms with van der Waals surface area (Å²) in [5, 5.41) is 0.409. The van der Waals surface area contributed by atoms with E-state index in [9.17, 15) is 17.2 Å². The zero-order valence-electron chi connectivity index (χ0n) is 9.95. The van der Waals surface area contributed by atoms with Gasteiger partial charge in [-0.1, -0.05) is 29.8 Å². The lowest BCUT2D eigenvalue weighted by atomic mass is 10.1. The molecule has 0 bridgehead atoms. The molecule has 18 heavy (non-hydrogen) atoms. The second kappa shape index (κ2) is 6.08. The molecular weight excluding hydrogens is 328 g/mol. The van der Waals surface area contributed by atoms with Crippen molar-refractivity contribution in [2.24, 2.45) is 5.92 Å². The standard InChI is InChI=1S/C11H14BrF2NO2S/c1-7(2)10(6-12)15-18(16,17)11-4-3-8(13)5-9(11)14/h3-5,7,10,15H,6H2,1-2H3. The second-order valence-corrected chi connectivity index (χ2v) is 6.53. The summed E-state index contributed by atoms with van der Waals surface area (Å²) >= 11 is 3.19. The van der Waals surface area contributed by atoms with E-state index in [0.29, 0.717) is 11.4 Å². The molecule has 1 rings (SSSR count). The van der Waals surface area contributed by atoms with E-state index in [-0.39, 0.29) is 12.0 Å². The van der Waals surface area contributed by atoms with Gasteiger partial charge in [0.05, 0.1) is 0 Å². The van der Waals surface area contributed by atoms with Gasteiger partial charge in [-0.25, -0.2) is 21.9 Å². The van der Waals surface area contributed by atoms with Crippen LogP contribution in [0, 0.1) is 17.6 Å². The lowest BCUT2D eigenvalue weighted by Gasteiger charge is -2.20. The molecule has 1 aromatic rings. The monoisotopic (exact) mass is 341 g/mol. The molecule has 1 aromatic carbocycles. The Bertz CT molecular complexity index is 520. The van der Waals surface area contributed by atoms with Gasteiger partial charge < -0.3 is 0 Å². The van der Waals surface area contributed by atoms with Crippen LogP contribution >= 0.6 is 15.9 Å². The van der Waals surface area contributed by atoms with Crippen LogP contribution in [0.25, 0.3) is 0 Å². The van der Waals surface area contributed by atoms with Gasteiger partial charge in [0, 0.05) is 17.4 Å². The van der Waals surface area contributed by atoms with E-state index < -0.39 is 26.6 Å². The van der Waals surface area contributed by atoms with Crippen LogP contribution in [0.4, 0.5) is 8.78 Å². The van der Waals surface area contributed by atoms with Crippen LogP contribution in [0.3, 0.4) is 0 Å². The second-order valence-electron chi connectivity index (χ2n) is 4.20. The minimum absolute atomic E-state index is 0.0441. The number of sulfonamides is 1. The average Bonchev–Trinajstić information content (AvgIpc) is 2.24.